The van der Waals surface area contributed by atoms with Crippen LogP contribution < -0.4 is 16.1 Å². The van der Waals surface area contributed by atoms with Gasteiger partial charge in [-0.05, 0) is 12.1 Å². The minimum Gasteiger partial charge on any atom is -0.354 e. The molecule has 23 heavy (non-hydrogen) atoms. The lowest BCUT2D eigenvalue weighted by molar-refractivity contribution is -0.384. The molecule has 0 aliphatic carbocycles. The summed E-state index contributed by atoms with van der Waals surface area (Å²) in [5, 5.41) is 23.8. The normalized spacial score (nSPS) is 9.78. The van der Waals surface area contributed by atoms with Gasteiger partial charge in [0.05, 0.1) is 4.92 Å². The number of nitrogens with zero attached hydrogens (tertiary/aromatic N) is 1. The second-order valence-electron chi connectivity index (χ2n) is 4.44. The third-order valence-corrected chi connectivity index (χ3v) is 2.78. The predicted octanol–water partition coefficient (Wildman–Crippen LogP) is -0.274. The summed E-state index contributed by atoms with van der Waals surface area (Å²) in [5.74, 6) is -1.47. The van der Waals surface area contributed by atoms with Crippen LogP contribution in [-0.2, 0) is 9.59 Å². The van der Waals surface area contributed by atoms with Gasteiger partial charge >= 0.3 is 0 Å². The smallest absolute Gasteiger partial charge is 0.269 e. The van der Waals surface area contributed by atoms with E-state index in [0.29, 0.717) is 0 Å². The molecular weight excluding hydrogens is 308 g/mol. The maximum atomic E-state index is 11.8. The molecule has 4 N–H and O–H groups in total. The van der Waals surface area contributed by atoms with E-state index in [9.17, 15) is 24.5 Å². The van der Waals surface area contributed by atoms with Crippen LogP contribution in [0.15, 0.2) is 24.3 Å². The summed E-state index contributed by atoms with van der Waals surface area (Å²) >= 11 is 0. The molecule has 3 amide bonds. The number of rotatable bonds is 8. The van der Waals surface area contributed by atoms with Crippen LogP contribution in [-0.4, -0.2) is 40.9 Å². The van der Waals surface area contributed by atoms with Gasteiger partial charge < -0.3 is 10.6 Å². The molecule has 0 saturated heterocycles. The third kappa shape index (κ3) is 6.52. The molecule has 0 aromatic heterocycles. The quantitative estimate of drug-likeness (QED) is 0.223. The summed E-state index contributed by atoms with van der Waals surface area (Å²) in [6.45, 7) is 0.325. The molecule has 0 bridgehead atoms. The Labute approximate surface area is 131 Å². The molecule has 0 unspecified atom stereocenters. The number of hydrogen-bond acceptors (Lipinski definition) is 6. The van der Waals surface area contributed by atoms with Gasteiger partial charge in [-0.3, -0.25) is 29.7 Å². The van der Waals surface area contributed by atoms with E-state index in [1.165, 1.54) is 29.7 Å². The molecule has 0 atom stereocenters. The highest BCUT2D eigenvalue weighted by Crippen LogP contribution is 2.11. The van der Waals surface area contributed by atoms with Gasteiger partial charge in [-0.25, -0.2) is 5.48 Å². The number of hydroxylamine groups is 1. The van der Waals surface area contributed by atoms with E-state index in [4.69, 9.17) is 5.21 Å². The molecule has 0 aliphatic rings. The number of benzene rings is 1. The highest BCUT2D eigenvalue weighted by atomic mass is 16.6. The SMILES string of the molecule is O=C(CCC(=O)NCCNC(=O)c1ccc([N+](=O)[O-])cc1)NO. The standard InChI is InChI=1S/C13H16N4O6/c18-11(5-6-12(19)16-21)14-7-8-15-13(20)9-1-3-10(4-2-9)17(22)23/h1-4,21H,5-8H2,(H,14,18)(H,15,20)(H,16,19). The highest BCUT2D eigenvalue weighted by Gasteiger charge is 2.09. The van der Waals surface area contributed by atoms with E-state index < -0.39 is 22.6 Å². The molecule has 0 spiro atoms. The van der Waals surface area contributed by atoms with Gasteiger partial charge in [0, 0.05) is 43.6 Å². The van der Waals surface area contributed by atoms with Gasteiger partial charge in [0.1, 0.15) is 0 Å². The van der Waals surface area contributed by atoms with Crippen LogP contribution in [0.2, 0.25) is 0 Å². The minimum atomic E-state index is -0.661. The summed E-state index contributed by atoms with van der Waals surface area (Å²) < 4.78 is 0. The van der Waals surface area contributed by atoms with Crippen molar-refractivity contribution in [3.05, 3.63) is 39.9 Å². The lowest BCUT2D eigenvalue weighted by atomic mass is 10.2. The topological polar surface area (TPSA) is 151 Å². The monoisotopic (exact) mass is 324 g/mol. The first-order chi connectivity index (χ1) is 10.9. The average Bonchev–Trinajstić information content (AvgIpc) is 2.56. The van der Waals surface area contributed by atoms with E-state index in [-0.39, 0.29) is 37.2 Å². The van der Waals surface area contributed by atoms with Crippen LogP contribution in [0.1, 0.15) is 23.2 Å². The fraction of sp³-hybridized carbons (Fsp3) is 0.308. The van der Waals surface area contributed by atoms with E-state index in [1.807, 2.05) is 0 Å². The first kappa shape index (κ1) is 18.0. The second-order valence-corrected chi connectivity index (χ2v) is 4.44. The van der Waals surface area contributed by atoms with Crippen LogP contribution in [0.4, 0.5) is 5.69 Å². The largest absolute Gasteiger partial charge is 0.354 e. The predicted molar refractivity (Wildman–Crippen MR) is 77.6 cm³/mol. The average molecular weight is 324 g/mol. The summed E-state index contributed by atoms with van der Waals surface area (Å²) in [4.78, 5) is 43.7. The Morgan fingerprint density at radius 1 is 1.00 bits per heavy atom. The van der Waals surface area contributed by atoms with Gasteiger partial charge in [0.15, 0.2) is 0 Å². The molecule has 0 heterocycles. The molecule has 0 radical (unpaired) electrons. The van der Waals surface area contributed by atoms with Gasteiger partial charge in [0.2, 0.25) is 11.8 Å². The Balaban J connectivity index is 2.27. The number of amides is 3. The molecule has 0 saturated carbocycles. The Kier molecular flexibility index (Phi) is 7.14. The zero-order chi connectivity index (χ0) is 17.2. The third-order valence-electron chi connectivity index (χ3n) is 2.78. The van der Waals surface area contributed by atoms with E-state index in [2.05, 4.69) is 10.6 Å². The van der Waals surface area contributed by atoms with E-state index in [1.54, 1.807) is 0 Å². The van der Waals surface area contributed by atoms with Crippen molar-refractivity contribution in [2.45, 2.75) is 12.8 Å². The Bertz CT molecular complexity index is 587. The van der Waals surface area contributed by atoms with Crippen LogP contribution in [0.3, 0.4) is 0 Å². The van der Waals surface area contributed by atoms with Crippen molar-refractivity contribution >= 4 is 23.4 Å². The number of nitrogens with one attached hydrogen (secondary N) is 3. The van der Waals surface area contributed by atoms with Crippen molar-refractivity contribution in [1.82, 2.24) is 16.1 Å². The summed E-state index contributed by atoms with van der Waals surface area (Å²) in [5.41, 5.74) is 1.57. The fourth-order valence-corrected chi connectivity index (χ4v) is 1.59. The molecular formula is C13H16N4O6. The van der Waals surface area contributed by atoms with Crippen LogP contribution in [0.5, 0.6) is 0 Å². The van der Waals surface area contributed by atoms with E-state index >= 15 is 0 Å². The molecule has 1 aromatic rings. The van der Waals surface area contributed by atoms with Crippen molar-refractivity contribution in [3.8, 4) is 0 Å². The zero-order valence-electron chi connectivity index (χ0n) is 12.1. The fourth-order valence-electron chi connectivity index (χ4n) is 1.59. The lowest BCUT2D eigenvalue weighted by Crippen LogP contribution is -2.35. The van der Waals surface area contributed by atoms with Crippen molar-refractivity contribution < 1.29 is 24.5 Å². The zero-order valence-corrected chi connectivity index (χ0v) is 12.1. The number of hydrogen-bond donors (Lipinski definition) is 4. The summed E-state index contributed by atoms with van der Waals surface area (Å²) in [7, 11) is 0. The maximum absolute atomic E-state index is 11.8. The summed E-state index contributed by atoms with van der Waals surface area (Å²) in [6.07, 6.45) is -0.222. The number of non-ortho nitro benzene ring substituents is 1. The second kappa shape index (κ2) is 9.10. The first-order valence-electron chi connectivity index (χ1n) is 6.66. The molecule has 10 heteroatoms. The lowest BCUT2D eigenvalue weighted by Gasteiger charge is -2.07. The molecule has 10 nitrogen and oxygen atoms in total. The molecule has 124 valence electrons. The Morgan fingerprint density at radius 2 is 1.57 bits per heavy atom. The van der Waals surface area contributed by atoms with Gasteiger partial charge in [-0.15, -0.1) is 0 Å². The van der Waals surface area contributed by atoms with E-state index in [0.717, 1.165) is 0 Å². The van der Waals surface area contributed by atoms with Gasteiger partial charge in [-0.1, -0.05) is 0 Å². The van der Waals surface area contributed by atoms with Gasteiger partial charge in [-0.2, -0.15) is 0 Å². The van der Waals surface area contributed by atoms with Crippen molar-refractivity contribution in [2.75, 3.05) is 13.1 Å². The van der Waals surface area contributed by atoms with Crippen LogP contribution >= 0.6 is 0 Å². The summed E-state index contributed by atoms with van der Waals surface area (Å²) in [6, 6.07) is 5.12. The molecule has 0 aliphatic heterocycles. The first-order valence-corrected chi connectivity index (χ1v) is 6.66. The number of carbonyl (C=O) groups excluding carboxylic acids is 3. The van der Waals surface area contributed by atoms with Crippen LogP contribution in [0, 0.1) is 10.1 Å². The van der Waals surface area contributed by atoms with Crippen molar-refractivity contribution in [1.29, 1.82) is 0 Å². The molecule has 1 aromatic carbocycles. The van der Waals surface area contributed by atoms with Crippen molar-refractivity contribution in [2.24, 2.45) is 0 Å². The van der Waals surface area contributed by atoms with Crippen LogP contribution in [0.25, 0.3) is 0 Å². The number of nitro benzene ring substituents is 1. The molecule has 0 fully saturated rings. The highest BCUT2D eigenvalue weighted by molar-refractivity contribution is 5.94. The minimum absolute atomic E-state index is 0.0807. The Morgan fingerprint density at radius 3 is 2.13 bits per heavy atom. The molecule has 1 rings (SSSR count). The maximum Gasteiger partial charge on any atom is 0.269 e. The number of nitro groups is 1. The number of carbonyl (C=O) groups is 3. The van der Waals surface area contributed by atoms with Gasteiger partial charge in [0.25, 0.3) is 11.6 Å². The Hall–Kier alpha value is -3.01. The van der Waals surface area contributed by atoms with Crippen molar-refractivity contribution in [3.63, 3.8) is 0 Å².